The van der Waals surface area contributed by atoms with Crippen molar-refractivity contribution in [2.45, 2.75) is 33.1 Å². The smallest absolute Gasteiger partial charge is 0.276 e. The van der Waals surface area contributed by atoms with Crippen LogP contribution < -0.4 is 5.32 Å². The predicted molar refractivity (Wildman–Crippen MR) is 117 cm³/mol. The maximum atomic E-state index is 13.8. The van der Waals surface area contributed by atoms with Gasteiger partial charge in [-0.3, -0.25) is 9.59 Å². The number of rotatable bonds is 6. The third kappa shape index (κ3) is 4.00. The first-order chi connectivity index (χ1) is 15.4. The Kier molecular flexibility index (Phi) is 6.03. The molecule has 8 heteroatoms. The predicted octanol–water partition coefficient (Wildman–Crippen LogP) is 4.37. The molecule has 0 aliphatic heterocycles. The summed E-state index contributed by atoms with van der Waals surface area (Å²) in [5, 5.41) is 7.25. The topological polar surface area (TPSA) is 67.2 Å². The van der Waals surface area contributed by atoms with Crippen LogP contribution in [0.3, 0.4) is 0 Å². The summed E-state index contributed by atoms with van der Waals surface area (Å²) in [6.07, 6.45) is 2.23. The summed E-state index contributed by atoms with van der Waals surface area (Å²) in [5.41, 5.74) is 3.23. The third-order valence-corrected chi connectivity index (χ3v) is 5.71. The van der Waals surface area contributed by atoms with Gasteiger partial charge in [0, 0.05) is 41.7 Å². The van der Waals surface area contributed by atoms with Crippen LogP contribution in [-0.2, 0) is 12.8 Å². The Morgan fingerprint density at radius 1 is 1.06 bits per heavy atom. The van der Waals surface area contributed by atoms with Crippen LogP contribution in [0.5, 0.6) is 0 Å². The monoisotopic (exact) mass is 438 g/mol. The Morgan fingerprint density at radius 2 is 1.84 bits per heavy atom. The fourth-order valence-corrected chi connectivity index (χ4v) is 4.06. The summed E-state index contributed by atoms with van der Waals surface area (Å²) in [4.78, 5) is 27.4. The molecule has 0 radical (unpaired) electrons. The highest BCUT2D eigenvalue weighted by atomic mass is 19.2. The van der Waals surface area contributed by atoms with Crippen molar-refractivity contribution in [2.75, 3.05) is 18.4 Å². The Labute approximate surface area is 184 Å². The average Bonchev–Trinajstić information content (AvgIpc) is 3.39. The van der Waals surface area contributed by atoms with E-state index in [4.69, 9.17) is 0 Å². The molecule has 0 saturated heterocycles. The minimum atomic E-state index is -0.967. The fourth-order valence-electron chi connectivity index (χ4n) is 4.06. The van der Waals surface area contributed by atoms with Gasteiger partial charge in [-0.2, -0.15) is 5.10 Å². The molecule has 1 aromatic heterocycles. The van der Waals surface area contributed by atoms with Crippen molar-refractivity contribution in [2.24, 2.45) is 0 Å². The molecule has 1 N–H and O–H groups in total. The Balaban J connectivity index is 1.62. The van der Waals surface area contributed by atoms with Crippen LogP contribution in [0.2, 0.25) is 0 Å². The maximum Gasteiger partial charge on any atom is 0.276 e. The van der Waals surface area contributed by atoms with E-state index in [0.717, 1.165) is 29.8 Å². The number of carbonyl (C=O) groups excluding carboxylic acids is 2. The van der Waals surface area contributed by atoms with E-state index >= 15 is 0 Å². The zero-order valence-electron chi connectivity index (χ0n) is 18.0. The molecule has 0 saturated carbocycles. The number of benzene rings is 2. The molecule has 2 aromatic carbocycles. The first-order valence-electron chi connectivity index (χ1n) is 10.7. The molecule has 0 fully saturated rings. The number of hydrogen-bond donors (Lipinski definition) is 1. The number of fused-ring (bicyclic) bond motifs is 1. The zero-order chi connectivity index (χ0) is 22.8. The van der Waals surface area contributed by atoms with Gasteiger partial charge in [-0.1, -0.05) is 6.07 Å². The first-order valence-corrected chi connectivity index (χ1v) is 10.7. The van der Waals surface area contributed by atoms with Crippen LogP contribution in [0, 0.1) is 11.6 Å². The molecule has 1 aliphatic carbocycles. The van der Waals surface area contributed by atoms with Gasteiger partial charge in [0.2, 0.25) is 0 Å². The van der Waals surface area contributed by atoms with Gasteiger partial charge in [0.25, 0.3) is 11.8 Å². The summed E-state index contributed by atoms with van der Waals surface area (Å²) in [6.45, 7) is 5.02. The van der Waals surface area contributed by atoms with Crippen LogP contribution in [0.25, 0.3) is 5.69 Å². The van der Waals surface area contributed by atoms with E-state index < -0.39 is 17.5 Å². The normalized spacial score (nSPS) is 12.5. The molecule has 2 amide bonds. The molecular formula is C24H24F2N4O2. The molecule has 166 valence electrons. The van der Waals surface area contributed by atoms with E-state index in [0.29, 0.717) is 42.9 Å². The highest BCUT2D eigenvalue weighted by Crippen LogP contribution is 2.29. The number of anilines is 1. The number of nitrogens with zero attached hydrogens (tertiary/aromatic N) is 3. The van der Waals surface area contributed by atoms with Crippen LogP contribution in [0.1, 0.15) is 52.4 Å². The summed E-state index contributed by atoms with van der Waals surface area (Å²) in [7, 11) is 0. The van der Waals surface area contributed by atoms with E-state index in [1.165, 1.54) is 10.7 Å². The Hall–Kier alpha value is -3.55. The minimum absolute atomic E-state index is 0.102. The molecule has 4 rings (SSSR count). The fraction of sp³-hybridized carbons (Fsp3) is 0.292. The second-order valence-corrected chi connectivity index (χ2v) is 7.65. The van der Waals surface area contributed by atoms with Crippen molar-refractivity contribution in [1.82, 2.24) is 14.7 Å². The van der Waals surface area contributed by atoms with Gasteiger partial charge in [0.15, 0.2) is 17.3 Å². The number of halogens is 2. The van der Waals surface area contributed by atoms with Crippen molar-refractivity contribution in [3.05, 3.63) is 76.6 Å². The van der Waals surface area contributed by atoms with Gasteiger partial charge in [-0.25, -0.2) is 13.5 Å². The van der Waals surface area contributed by atoms with E-state index in [1.807, 2.05) is 13.8 Å². The Morgan fingerprint density at radius 3 is 2.56 bits per heavy atom. The summed E-state index contributed by atoms with van der Waals surface area (Å²) < 4.78 is 28.6. The lowest BCUT2D eigenvalue weighted by Gasteiger charge is -2.19. The highest BCUT2D eigenvalue weighted by Gasteiger charge is 2.27. The van der Waals surface area contributed by atoms with Gasteiger partial charge in [0.1, 0.15) is 0 Å². The van der Waals surface area contributed by atoms with E-state index in [9.17, 15) is 18.4 Å². The molecule has 0 atom stereocenters. The lowest BCUT2D eigenvalue weighted by Crippen LogP contribution is -2.30. The van der Waals surface area contributed by atoms with Crippen LogP contribution >= 0.6 is 0 Å². The molecular weight excluding hydrogens is 414 g/mol. The number of aromatic nitrogens is 2. The quantitative estimate of drug-likeness (QED) is 0.621. The standard InChI is InChI=1S/C24H24F2N4O2/c1-3-29(4-2)24(32)15-7-5-8-16(13-15)27-23(31)22-18-9-6-10-21(18)30(28-22)17-11-12-19(25)20(26)14-17/h5,7-8,11-14H,3-4,6,9-10H2,1-2H3,(H,27,31). The number of hydrogen-bond acceptors (Lipinski definition) is 3. The number of nitrogens with one attached hydrogen (secondary N) is 1. The van der Waals surface area contributed by atoms with Crippen molar-refractivity contribution in [3.63, 3.8) is 0 Å². The molecule has 3 aromatic rings. The second-order valence-electron chi connectivity index (χ2n) is 7.65. The Bertz CT molecular complexity index is 1180. The van der Waals surface area contributed by atoms with Crippen LogP contribution in [0.4, 0.5) is 14.5 Å². The SMILES string of the molecule is CCN(CC)C(=O)c1cccc(NC(=O)c2nn(-c3ccc(F)c(F)c3)c3c2CCC3)c1. The third-order valence-electron chi connectivity index (χ3n) is 5.71. The van der Waals surface area contributed by atoms with Crippen LogP contribution in [0.15, 0.2) is 42.5 Å². The average molecular weight is 438 g/mol. The second kappa shape index (κ2) is 8.90. The largest absolute Gasteiger partial charge is 0.339 e. The first kappa shape index (κ1) is 21.7. The van der Waals surface area contributed by atoms with Gasteiger partial charge < -0.3 is 10.2 Å². The molecule has 6 nitrogen and oxygen atoms in total. The van der Waals surface area contributed by atoms with Crippen molar-refractivity contribution >= 4 is 17.5 Å². The number of amides is 2. The summed E-state index contributed by atoms with van der Waals surface area (Å²) in [6, 6.07) is 10.3. The summed E-state index contributed by atoms with van der Waals surface area (Å²) in [5.74, 6) is -2.41. The molecule has 32 heavy (non-hydrogen) atoms. The van der Waals surface area contributed by atoms with E-state index in [2.05, 4.69) is 10.4 Å². The zero-order valence-corrected chi connectivity index (χ0v) is 18.0. The van der Waals surface area contributed by atoms with Crippen molar-refractivity contribution in [3.8, 4) is 5.69 Å². The van der Waals surface area contributed by atoms with Gasteiger partial charge in [-0.15, -0.1) is 0 Å². The summed E-state index contributed by atoms with van der Waals surface area (Å²) >= 11 is 0. The molecule has 1 heterocycles. The molecule has 1 aliphatic rings. The van der Waals surface area contributed by atoms with Gasteiger partial charge >= 0.3 is 0 Å². The molecule has 0 unspecified atom stereocenters. The van der Waals surface area contributed by atoms with E-state index in [-0.39, 0.29) is 11.6 Å². The van der Waals surface area contributed by atoms with Gasteiger partial charge in [-0.05, 0) is 63.4 Å². The molecule has 0 spiro atoms. The highest BCUT2D eigenvalue weighted by molar-refractivity contribution is 6.05. The minimum Gasteiger partial charge on any atom is -0.339 e. The maximum absolute atomic E-state index is 13.8. The lowest BCUT2D eigenvalue weighted by atomic mass is 10.1. The number of carbonyl (C=O) groups is 2. The van der Waals surface area contributed by atoms with Crippen molar-refractivity contribution < 1.29 is 18.4 Å². The van der Waals surface area contributed by atoms with Gasteiger partial charge in [0.05, 0.1) is 5.69 Å². The van der Waals surface area contributed by atoms with Crippen LogP contribution in [-0.4, -0.2) is 39.6 Å². The van der Waals surface area contributed by atoms with Crippen molar-refractivity contribution in [1.29, 1.82) is 0 Å². The van der Waals surface area contributed by atoms with E-state index in [1.54, 1.807) is 29.2 Å². The lowest BCUT2D eigenvalue weighted by molar-refractivity contribution is 0.0772. The molecule has 0 bridgehead atoms.